The first-order valence-electron chi connectivity index (χ1n) is 6.69. The fraction of sp³-hybridized carbons (Fsp3) is 0.294. The third-order valence-corrected chi connectivity index (χ3v) is 3.51. The van der Waals surface area contributed by atoms with E-state index in [1.54, 1.807) is 6.07 Å². The van der Waals surface area contributed by atoms with E-state index >= 15 is 0 Å². The van der Waals surface area contributed by atoms with Crippen LogP contribution in [-0.2, 0) is 6.54 Å². The van der Waals surface area contributed by atoms with E-state index in [0.29, 0.717) is 12.1 Å². The quantitative estimate of drug-likeness (QED) is 0.864. The zero-order chi connectivity index (χ0) is 13.8. The van der Waals surface area contributed by atoms with Gasteiger partial charge in [0.1, 0.15) is 5.82 Å². The monoisotopic (exact) mass is 257 g/mol. The second-order valence-corrected chi connectivity index (χ2v) is 4.84. The lowest BCUT2D eigenvalue weighted by atomic mass is 9.96. The number of hydrogen-bond acceptors (Lipinski definition) is 1. The molecule has 0 saturated carbocycles. The van der Waals surface area contributed by atoms with Crippen LogP contribution >= 0.6 is 0 Å². The summed E-state index contributed by atoms with van der Waals surface area (Å²) in [5.41, 5.74) is 4.97. The molecule has 0 fully saturated rings. The van der Waals surface area contributed by atoms with Gasteiger partial charge in [-0.15, -0.1) is 0 Å². The van der Waals surface area contributed by atoms with Crippen LogP contribution in [0.5, 0.6) is 0 Å². The molecule has 0 aromatic heterocycles. The molecule has 0 spiro atoms. The number of rotatable bonds is 4. The van der Waals surface area contributed by atoms with E-state index in [2.05, 4.69) is 18.3 Å². The van der Waals surface area contributed by atoms with Crippen LogP contribution in [0, 0.1) is 19.7 Å². The van der Waals surface area contributed by atoms with Crippen LogP contribution in [0.15, 0.2) is 36.4 Å². The van der Waals surface area contributed by atoms with E-state index in [9.17, 15) is 4.39 Å². The molecule has 2 aromatic carbocycles. The van der Waals surface area contributed by atoms with Crippen molar-refractivity contribution in [2.24, 2.45) is 0 Å². The Balaban J connectivity index is 2.38. The molecule has 0 heterocycles. The first kappa shape index (κ1) is 13.8. The minimum atomic E-state index is -0.149. The van der Waals surface area contributed by atoms with E-state index < -0.39 is 0 Å². The van der Waals surface area contributed by atoms with Crippen LogP contribution in [0.1, 0.15) is 23.6 Å². The van der Waals surface area contributed by atoms with Crippen molar-refractivity contribution in [3.8, 4) is 11.1 Å². The van der Waals surface area contributed by atoms with Crippen molar-refractivity contribution in [3.63, 3.8) is 0 Å². The van der Waals surface area contributed by atoms with Gasteiger partial charge in [0.2, 0.25) is 0 Å². The highest BCUT2D eigenvalue weighted by Gasteiger charge is 2.09. The molecular formula is C17H20FN. The van der Waals surface area contributed by atoms with Crippen LogP contribution in [0.2, 0.25) is 0 Å². The molecule has 1 nitrogen and oxygen atoms in total. The topological polar surface area (TPSA) is 12.0 Å². The van der Waals surface area contributed by atoms with Crippen molar-refractivity contribution >= 4 is 0 Å². The summed E-state index contributed by atoms with van der Waals surface area (Å²) < 4.78 is 14.2. The molecule has 0 bridgehead atoms. The lowest BCUT2D eigenvalue weighted by Gasteiger charge is -2.11. The molecule has 0 saturated heterocycles. The smallest absolute Gasteiger partial charge is 0.131 e. The second kappa shape index (κ2) is 5.98. The van der Waals surface area contributed by atoms with Crippen LogP contribution in [0.3, 0.4) is 0 Å². The predicted molar refractivity (Wildman–Crippen MR) is 78.7 cm³/mol. The molecular weight excluding hydrogens is 237 g/mol. The Kier molecular flexibility index (Phi) is 4.33. The number of nitrogens with one attached hydrogen (secondary N) is 1. The zero-order valence-electron chi connectivity index (χ0n) is 11.8. The molecule has 0 aliphatic carbocycles. The molecule has 0 aliphatic rings. The molecule has 2 rings (SSSR count). The highest BCUT2D eigenvalue weighted by atomic mass is 19.1. The summed E-state index contributed by atoms with van der Waals surface area (Å²) in [6.45, 7) is 7.73. The highest BCUT2D eigenvalue weighted by Crippen LogP contribution is 2.28. The van der Waals surface area contributed by atoms with Gasteiger partial charge in [0.15, 0.2) is 0 Å². The maximum Gasteiger partial charge on any atom is 0.131 e. The Bertz CT molecular complexity index is 575. The van der Waals surface area contributed by atoms with Gasteiger partial charge in [0.05, 0.1) is 0 Å². The summed E-state index contributed by atoms with van der Waals surface area (Å²) in [6.07, 6.45) is 0. The Morgan fingerprint density at radius 3 is 2.53 bits per heavy atom. The maximum atomic E-state index is 14.2. The SMILES string of the molecule is CCNCc1ccc(-c2cccc(C)c2C)c(F)c1. The van der Waals surface area contributed by atoms with Crippen molar-refractivity contribution < 1.29 is 4.39 Å². The van der Waals surface area contributed by atoms with Gasteiger partial charge in [0.25, 0.3) is 0 Å². The summed E-state index contributed by atoms with van der Waals surface area (Å²) in [6, 6.07) is 11.5. The lowest BCUT2D eigenvalue weighted by molar-refractivity contribution is 0.625. The Hall–Kier alpha value is -1.67. The average Bonchev–Trinajstić information content (AvgIpc) is 2.40. The highest BCUT2D eigenvalue weighted by molar-refractivity contribution is 5.69. The third kappa shape index (κ3) is 3.02. The van der Waals surface area contributed by atoms with Crippen molar-refractivity contribution in [2.45, 2.75) is 27.3 Å². The second-order valence-electron chi connectivity index (χ2n) is 4.84. The van der Waals surface area contributed by atoms with E-state index in [1.807, 2.05) is 38.1 Å². The molecule has 100 valence electrons. The minimum absolute atomic E-state index is 0.149. The lowest BCUT2D eigenvalue weighted by Crippen LogP contribution is -2.11. The Morgan fingerprint density at radius 2 is 1.84 bits per heavy atom. The van der Waals surface area contributed by atoms with E-state index in [4.69, 9.17) is 0 Å². The molecule has 0 amide bonds. The molecule has 2 aromatic rings. The summed E-state index contributed by atoms with van der Waals surface area (Å²) in [5, 5.41) is 3.20. The number of hydrogen-bond donors (Lipinski definition) is 1. The van der Waals surface area contributed by atoms with Gasteiger partial charge < -0.3 is 5.32 Å². The Morgan fingerprint density at radius 1 is 1.05 bits per heavy atom. The van der Waals surface area contributed by atoms with Crippen LogP contribution in [0.4, 0.5) is 4.39 Å². The first-order valence-corrected chi connectivity index (χ1v) is 6.69. The minimum Gasteiger partial charge on any atom is -0.313 e. The molecule has 0 aliphatic heterocycles. The fourth-order valence-electron chi connectivity index (χ4n) is 2.20. The first-order chi connectivity index (χ1) is 9.13. The molecule has 0 atom stereocenters. The van der Waals surface area contributed by atoms with Gasteiger partial charge in [-0.25, -0.2) is 4.39 Å². The molecule has 2 heteroatoms. The van der Waals surface area contributed by atoms with E-state index in [0.717, 1.165) is 23.2 Å². The van der Waals surface area contributed by atoms with Gasteiger partial charge in [-0.2, -0.15) is 0 Å². The molecule has 0 radical (unpaired) electrons. The van der Waals surface area contributed by atoms with Crippen LogP contribution in [0.25, 0.3) is 11.1 Å². The van der Waals surface area contributed by atoms with Crippen molar-refractivity contribution in [3.05, 3.63) is 58.9 Å². The molecule has 0 unspecified atom stereocenters. The summed E-state index contributed by atoms with van der Waals surface area (Å²) in [7, 11) is 0. The van der Waals surface area contributed by atoms with E-state index in [-0.39, 0.29) is 5.82 Å². The predicted octanol–water partition coefficient (Wildman–Crippen LogP) is 4.22. The van der Waals surface area contributed by atoms with E-state index in [1.165, 1.54) is 5.56 Å². The summed E-state index contributed by atoms with van der Waals surface area (Å²) >= 11 is 0. The largest absolute Gasteiger partial charge is 0.313 e. The number of aryl methyl sites for hydroxylation is 1. The van der Waals surface area contributed by atoms with Gasteiger partial charge in [-0.3, -0.25) is 0 Å². The standard InChI is InChI=1S/C17H20FN/c1-4-19-11-14-8-9-16(17(18)10-14)15-7-5-6-12(2)13(15)3/h5-10,19H,4,11H2,1-3H3. The fourth-order valence-corrected chi connectivity index (χ4v) is 2.20. The number of benzene rings is 2. The summed E-state index contributed by atoms with van der Waals surface area (Å²) in [4.78, 5) is 0. The third-order valence-electron chi connectivity index (χ3n) is 3.51. The van der Waals surface area contributed by atoms with Gasteiger partial charge in [0, 0.05) is 12.1 Å². The van der Waals surface area contributed by atoms with Gasteiger partial charge >= 0.3 is 0 Å². The van der Waals surface area contributed by atoms with Crippen molar-refractivity contribution in [1.82, 2.24) is 5.32 Å². The maximum absolute atomic E-state index is 14.2. The van der Waals surface area contributed by atoms with Crippen molar-refractivity contribution in [1.29, 1.82) is 0 Å². The summed E-state index contributed by atoms with van der Waals surface area (Å²) in [5.74, 6) is -0.149. The van der Waals surface area contributed by atoms with Crippen LogP contribution < -0.4 is 5.32 Å². The molecule has 1 N–H and O–H groups in total. The zero-order valence-corrected chi connectivity index (χ0v) is 11.8. The van der Waals surface area contributed by atoms with Gasteiger partial charge in [-0.05, 0) is 48.7 Å². The molecule has 19 heavy (non-hydrogen) atoms. The van der Waals surface area contributed by atoms with Crippen LogP contribution in [-0.4, -0.2) is 6.54 Å². The van der Waals surface area contributed by atoms with Crippen molar-refractivity contribution in [2.75, 3.05) is 6.54 Å². The normalized spacial score (nSPS) is 10.7. The Labute approximate surface area is 114 Å². The van der Waals surface area contributed by atoms with Gasteiger partial charge in [-0.1, -0.05) is 37.3 Å². The average molecular weight is 257 g/mol. The number of halogens is 1.